The van der Waals surface area contributed by atoms with E-state index in [2.05, 4.69) is 15.5 Å². The van der Waals surface area contributed by atoms with Gasteiger partial charge >= 0.3 is 0 Å². The van der Waals surface area contributed by atoms with Crippen molar-refractivity contribution in [1.29, 1.82) is 0 Å². The van der Waals surface area contributed by atoms with E-state index in [0.29, 0.717) is 16.8 Å². The molecule has 28 heavy (non-hydrogen) atoms. The fraction of sp³-hybridized carbons (Fsp3) is 0.364. The van der Waals surface area contributed by atoms with Crippen molar-refractivity contribution in [2.75, 3.05) is 5.32 Å². The number of aryl methyl sites for hydroxylation is 1. The Kier molecular flexibility index (Phi) is 5.53. The Morgan fingerprint density at radius 3 is 2.57 bits per heavy atom. The maximum Gasteiger partial charge on any atom is 0.247 e. The fourth-order valence-corrected chi connectivity index (χ4v) is 3.63. The maximum absolute atomic E-state index is 6.42. The number of hydrogen-bond acceptors (Lipinski definition) is 5. The average Bonchev–Trinajstić information content (AvgIpc) is 3.37. The van der Waals surface area contributed by atoms with E-state index in [4.69, 9.17) is 20.8 Å². The summed E-state index contributed by atoms with van der Waals surface area (Å²) in [6, 6.07) is 13.6. The van der Waals surface area contributed by atoms with Crippen molar-refractivity contribution in [2.24, 2.45) is 0 Å². The van der Waals surface area contributed by atoms with Gasteiger partial charge in [-0.2, -0.15) is 0 Å². The van der Waals surface area contributed by atoms with E-state index in [9.17, 15) is 0 Å². The van der Waals surface area contributed by atoms with E-state index < -0.39 is 0 Å². The van der Waals surface area contributed by atoms with Gasteiger partial charge in [0.2, 0.25) is 11.8 Å². The highest BCUT2D eigenvalue weighted by molar-refractivity contribution is 6.32. The summed E-state index contributed by atoms with van der Waals surface area (Å²) in [7, 11) is 0. The van der Waals surface area contributed by atoms with E-state index in [1.807, 2.05) is 56.3 Å². The lowest BCUT2D eigenvalue weighted by Crippen LogP contribution is -2.11. The molecule has 1 atom stereocenters. The van der Waals surface area contributed by atoms with Crippen LogP contribution in [0, 0.1) is 6.92 Å². The Hall–Kier alpha value is -2.53. The Labute approximate surface area is 170 Å². The summed E-state index contributed by atoms with van der Waals surface area (Å²) in [5.74, 6) is 1.78. The molecule has 1 N–H and O–H groups in total. The van der Waals surface area contributed by atoms with Gasteiger partial charge in [0.25, 0.3) is 0 Å². The summed E-state index contributed by atoms with van der Waals surface area (Å²) in [4.78, 5) is 0. The molecular weight excluding hydrogens is 374 g/mol. The van der Waals surface area contributed by atoms with E-state index in [-0.39, 0.29) is 12.1 Å². The highest BCUT2D eigenvalue weighted by Gasteiger charge is 2.19. The van der Waals surface area contributed by atoms with Crippen molar-refractivity contribution < 1.29 is 9.15 Å². The number of rotatable bonds is 6. The molecule has 0 bridgehead atoms. The molecule has 0 amide bonds. The molecule has 0 aliphatic heterocycles. The van der Waals surface area contributed by atoms with Crippen molar-refractivity contribution in [2.45, 2.75) is 51.7 Å². The van der Waals surface area contributed by atoms with Crippen LogP contribution in [0.5, 0.6) is 5.75 Å². The van der Waals surface area contributed by atoms with Gasteiger partial charge < -0.3 is 14.5 Å². The summed E-state index contributed by atoms with van der Waals surface area (Å²) in [6.07, 6.45) is 4.96. The SMILES string of the molecule is Cc1ccc(-c2nnc(C(C)Nc3ccc(OC4CCCC4)c(Cl)c3)o2)cc1. The largest absolute Gasteiger partial charge is 0.489 e. The van der Waals surface area contributed by atoms with Crippen molar-refractivity contribution in [3.8, 4) is 17.2 Å². The van der Waals surface area contributed by atoms with Gasteiger partial charge in [-0.3, -0.25) is 0 Å². The number of hydrogen-bond donors (Lipinski definition) is 1. The zero-order valence-electron chi connectivity index (χ0n) is 16.1. The number of nitrogens with zero attached hydrogens (tertiary/aromatic N) is 2. The topological polar surface area (TPSA) is 60.2 Å². The van der Waals surface area contributed by atoms with Gasteiger partial charge in [-0.1, -0.05) is 29.3 Å². The zero-order valence-corrected chi connectivity index (χ0v) is 16.9. The summed E-state index contributed by atoms with van der Waals surface area (Å²) >= 11 is 6.42. The van der Waals surface area contributed by atoms with Crippen molar-refractivity contribution in [3.63, 3.8) is 0 Å². The summed E-state index contributed by atoms with van der Waals surface area (Å²) in [5, 5.41) is 12.3. The molecule has 1 aromatic heterocycles. The van der Waals surface area contributed by atoms with E-state index >= 15 is 0 Å². The van der Waals surface area contributed by atoms with E-state index in [1.54, 1.807) is 0 Å². The molecule has 0 saturated heterocycles. The second kappa shape index (κ2) is 8.23. The lowest BCUT2D eigenvalue weighted by atomic mass is 10.1. The van der Waals surface area contributed by atoms with Gasteiger partial charge in [0, 0.05) is 11.3 Å². The van der Waals surface area contributed by atoms with Gasteiger partial charge in [0.1, 0.15) is 11.8 Å². The predicted octanol–water partition coefficient (Wildman–Crippen LogP) is 6.19. The van der Waals surface area contributed by atoms with Crippen molar-refractivity contribution in [1.82, 2.24) is 10.2 Å². The van der Waals surface area contributed by atoms with Crippen LogP contribution in [-0.4, -0.2) is 16.3 Å². The molecule has 2 aromatic carbocycles. The molecule has 1 unspecified atom stereocenters. The van der Waals surface area contributed by atoms with Crippen LogP contribution in [0.1, 0.15) is 50.1 Å². The molecule has 3 aromatic rings. The molecule has 1 aliphatic carbocycles. The summed E-state index contributed by atoms with van der Waals surface area (Å²) < 4.78 is 11.9. The monoisotopic (exact) mass is 397 g/mol. The smallest absolute Gasteiger partial charge is 0.247 e. The molecule has 1 aliphatic rings. The molecule has 0 spiro atoms. The van der Waals surface area contributed by atoms with Crippen LogP contribution in [-0.2, 0) is 0 Å². The quantitative estimate of drug-likeness (QED) is 0.537. The minimum absolute atomic E-state index is 0.149. The number of aromatic nitrogens is 2. The fourth-order valence-electron chi connectivity index (χ4n) is 3.41. The Bertz CT molecular complexity index is 933. The average molecular weight is 398 g/mol. The van der Waals surface area contributed by atoms with Gasteiger partial charge in [0.05, 0.1) is 11.1 Å². The first-order valence-electron chi connectivity index (χ1n) is 9.71. The molecule has 1 saturated carbocycles. The highest BCUT2D eigenvalue weighted by atomic mass is 35.5. The molecular formula is C22H24ClN3O2. The van der Waals surface area contributed by atoms with E-state index in [0.717, 1.165) is 29.8 Å². The minimum Gasteiger partial charge on any atom is -0.489 e. The molecule has 1 heterocycles. The number of nitrogens with one attached hydrogen (secondary N) is 1. The second-order valence-electron chi connectivity index (χ2n) is 7.35. The summed E-state index contributed by atoms with van der Waals surface area (Å²) in [5.41, 5.74) is 2.98. The number of anilines is 1. The van der Waals surface area contributed by atoms with Crippen LogP contribution >= 0.6 is 11.6 Å². The third kappa shape index (κ3) is 4.30. The Morgan fingerprint density at radius 1 is 1.11 bits per heavy atom. The number of benzene rings is 2. The number of halogens is 1. The first-order valence-corrected chi connectivity index (χ1v) is 10.1. The maximum atomic E-state index is 6.42. The van der Waals surface area contributed by atoms with Crippen molar-refractivity contribution in [3.05, 3.63) is 58.9 Å². The molecule has 146 valence electrons. The van der Waals surface area contributed by atoms with Crippen LogP contribution in [0.3, 0.4) is 0 Å². The van der Waals surface area contributed by atoms with Gasteiger partial charge in [0.15, 0.2) is 0 Å². The normalized spacial score (nSPS) is 15.5. The molecule has 5 nitrogen and oxygen atoms in total. The molecule has 0 radical (unpaired) electrons. The van der Waals surface area contributed by atoms with Gasteiger partial charge in [-0.25, -0.2) is 0 Å². The van der Waals surface area contributed by atoms with Gasteiger partial charge in [-0.15, -0.1) is 10.2 Å². The zero-order chi connectivity index (χ0) is 19.5. The predicted molar refractivity (Wildman–Crippen MR) is 111 cm³/mol. The summed E-state index contributed by atoms with van der Waals surface area (Å²) in [6.45, 7) is 4.02. The lowest BCUT2D eigenvalue weighted by molar-refractivity contribution is 0.210. The van der Waals surface area contributed by atoms with Crippen LogP contribution in [0.15, 0.2) is 46.9 Å². The first kappa shape index (κ1) is 18.8. The van der Waals surface area contributed by atoms with Crippen molar-refractivity contribution >= 4 is 17.3 Å². The van der Waals surface area contributed by atoms with Crippen LogP contribution in [0.25, 0.3) is 11.5 Å². The third-order valence-electron chi connectivity index (χ3n) is 5.02. The van der Waals surface area contributed by atoms with Crippen LogP contribution in [0.4, 0.5) is 5.69 Å². The van der Waals surface area contributed by atoms with Crippen LogP contribution in [0.2, 0.25) is 5.02 Å². The number of ether oxygens (including phenoxy) is 1. The van der Waals surface area contributed by atoms with E-state index in [1.165, 1.54) is 18.4 Å². The minimum atomic E-state index is -0.149. The molecule has 1 fully saturated rings. The highest BCUT2D eigenvalue weighted by Crippen LogP contribution is 2.33. The molecule has 4 rings (SSSR count). The Morgan fingerprint density at radius 2 is 1.86 bits per heavy atom. The third-order valence-corrected chi connectivity index (χ3v) is 5.32. The van der Waals surface area contributed by atoms with Gasteiger partial charge in [-0.05, 0) is 69.9 Å². The molecule has 6 heteroatoms. The lowest BCUT2D eigenvalue weighted by Gasteiger charge is -2.16. The standard InChI is InChI=1S/C22H24ClN3O2/c1-14-7-9-16(10-8-14)22-26-25-21(28-22)15(2)24-17-11-12-20(19(23)13-17)27-18-5-3-4-6-18/h7-13,15,18,24H,3-6H2,1-2H3. The van der Waals surface area contributed by atoms with Crippen LogP contribution < -0.4 is 10.1 Å². The second-order valence-corrected chi connectivity index (χ2v) is 7.75. The Balaban J connectivity index is 1.42. The first-order chi connectivity index (χ1) is 13.6.